The summed E-state index contributed by atoms with van der Waals surface area (Å²) in [5, 5.41) is 2.67. The summed E-state index contributed by atoms with van der Waals surface area (Å²) in [7, 11) is -3.61. The van der Waals surface area contributed by atoms with Crippen molar-refractivity contribution in [3.05, 3.63) is 53.6 Å². The molecule has 8 nitrogen and oxygen atoms in total. The van der Waals surface area contributed by atoms with E-state index in [1.165, 1.54) is 6.07 Å². The van der Waals surface area contributed by atoms with Crippen molar-refractivity contribution in [2.45, 2.75) is 20.0 Å². The minimum absolute atomic E-state index is 0.154. The molecule has 2 aromatic rings. The van der Waals surface area contributed by atoms with Crippen molar-refractivity contribution < 1.29 is 27.5 Å². The van der Waals surface area contributed by atoms with Crippen LogP contribution in [0, 0.1) is 6.92 Å². The van der Waals surface area contributed by atoms with Crippen LogP contribution in [0.25, 0.3) is 0 Å². The van der Waals surface area contributed by atoms with Gasteiger partial charge in [-0.1, -0.05) is 12.1 Å². The van der Waals surface area contributed by atoms with Crippen molar-refractivity contribution in [2.24, 2.45) is 0 Å². The van der Waals surface area contributed by atoms with Crippen LogP contribution in [-0.4, -0.2) is 45.8 Å². The van der Waals surface area contributed by atoms with Crippen molar-refractivity contribution in [2.75, 3.05) is 29.0 Å². The van der Waals surface area contributed by atoms with E-state index < -0.39 is 28.0 Å². The van der Waals surface area contributed by atoms with Gasteiger partial charge in [-0.2, -0.15) is 0 Å². The number of fused-ring (bicyclic) bond motifs is 1. The molecule has 1 atom stereocenters. The number of hydrogen-bond donors (Lipinski definition) is 1. The smallest absolute Gasteiger partial charge is 0.338 e. The molecule has 0 aliphatic carbocycles. The fourth-order valence-electron chi connectivity index (χ4n) is 2.97. The van der Waals surface area contributed by atoms with Crippen molar-refractivity contribution in [1.29, 1.82) is 0 Å². The first kappa shape index (κ1) is 20.7. The summed E-state index contributed by atoms with van der Waals surface area (Å²) in [5.74, 6) is -0.705. The van der Waals surface area contributed by atoms with Gasteiger partial charge in [0.1, 0.15) is 5.75 Å². The topological polar surface area (TPSA) is 102 Å². The van der Waals surface area contributed by atoms with E-state index in [1.807, 2.05) is 6.92 Å². The van der Waals surface area contributed by atoms with Crippen LogP contribution < -0.4 is 14.4 Å². The van der Waals surface area contributed by atoms with E-state index in [0.717, 1.165) is 16.1 Å². The number of ether oxygens (including phenoxy) is 2. The number of rotatable bonds is 5. The maximum absolute atomic E-state index is 12.7. The number of nitrogens with zero attached hydrogens (tertiary/aromatic N) is 1. The van der Waals surface area contributed by atoms with Gasteiger partial charge in [0.05, 0.1) is 30.7 Å². The van der Waals surface area contributed by atoms with E-state index in [1.54, 1.807) is 43.3 Å². The predicted octanol–water partition coefficient (Wildman–Crippen LogP) is 2.34. The Morgan fingerprint density at radius 2 is 2.00 bits per heavy atom. The zero-order chi connectivity index (χ0) is 21.2. The number of sulfonamides is 1. The summed E-state index contributed by atoms with van der Waals surface area (Å²) in [4.78, 5) is 24.6. The number of nitrogens with one attached hydrogen (secondary N) is 1. The van der Waals surface area contributed by atoms with Crippen LogP contribution in [0.15, 0.2) is 42.5 Å². The molecule has 9 heteroatoms. The van der Waals surface area contributed by atoms with Crippen LogP contribution in [0.3, 0.4) is 0 Å². The van der Waals surface area contributed by atoms with Crippen LogP contribution in [0.5, 0.6) is 5.75 Å². The zero-order valence-corrected chi connectivity index (χ0v) is 17.2. The fourth-order valence-corrected chi connectivity index (χ4v) is 3.88. The Labute approximate surface area is 169 Å². The molecule has 1 heterocycles. The Morgan fingerprint density at radius 1 is 1.24 bits per heavy atom. The normalized spacial score (nSPS) is 15.8. The minimum atomic E-state index is -3.61. The molecule has 2 aromatic carbocycles. The molecule has 0 saturated heterocycles. The number of hydrogen-bond acceptors (Lipinski definition) is 6. The highest BCUT2D eigenvalue weighted by Crippen LogP contribution is 2.36. The number of amides is 1. The molecular weight excluding hydrogens is 396 g/mol. The number of anilines is 2. The van der Waals surface area contributed by atoms with Gasteiger partial charge in [-0.25, -0.2) is 13.2 Å². The van der Waals surface area contributed by atoms with E-state index >= 15 is 0 Å². The standard InChI is InChI=1S/C20H22N2O6S/c1-4-27-20(24)14-6-5-7-15(11-14)21-19(23)18-12-22(29(3,25)26)16-10-13(2)8-9-17(16)28-18/h5-11,18H,4,12H2,1-3H3,(H,21,23). The van der Waals surface area contributed by atoms with E-state index in [2.05, 4.69) is 5.32 Å². The molecular formula is C20H22N2O6S. The van der Waals surface area contributed by atoms with Crippen molar-refractivity contribution in [3.63, 3.8) is 0 Å². The lowest BCUT2D eigenvalue weighted by atomic mass is 10.1. The van der Waals surface area contributed by atoms with Gasteiger partial charge < -0.3 is 14.8 Å². The molecule has 0 bridgehead atoms. The number of carbonyl (C=O) groups is 2. The second-order valence-corrected chi connectivity index (χ2v) is 8.57. The average molecular weight is 418 g/mol. The molecule has 154 valence electrons. The van der Waals surface area contributed by atoms with E-state index in [9.17, 15) is 18.0 Å². The van der Waals surface area contributed by atoms with Gasteiger partial charge in [-0.15, -0.1) is 0 Å². The molecule has 0 saturated carbocycles. The van der Waals surface area contributed by atoms with Crippen LogP contribution >= 0.6 is 0 Å². The first-order valence-electron chi connectivity index (χ1n) is 9.02. The minimum Gasteiger partial charge on any atom is -0.476 e. The summed E-state index contributed by atoms with van der Waals surface area (Å²) < 4.78 is 36.4. The molecule has 0 aromatic heterocycles. The molecule has 1 unspecified atom stereocenters. The monoisotopic (exact) mass is 418 g/mol. The highest BCUT2D eigenvalue weighted by Gasteiger charge is 2.35. The Bertz CT molecular complexity index is 1050. The lowest BCUT2D eigenvalue weighted by molar-refractivity contribution is -0.122. The van der Waals surface area contributed by atoms with E-state index in [4.69, 9.17) is 9.47 Å². The second-order valence-electron chi connectivity index (χ2n) is 6.66. The lowest BCUT2D eigenvalue weighted by Gasteiger charge is -2.34. The molecule has 1 aliphatic heterocycles. The van der Waals surface area contributed by atoms with E-state index in [0.29, 0.717) is 22.7 Å². The molecule has 1 N–H and O–H groups in total. The van der Waals surface area contributed by atoms with E-state index in [-0.39, 0.29) is 13.2 Å². The summed E-state index contributed by atoms with van der Waals surface area (Å²) in [6.45, 7) is 3.64. The molecule has 1 aliphatic rings. The van der Waals surface area contributed by atoms with Gasteiger partial charge in [0, 0.05) is 5.69 Å². The first-order valence-corrected chi connectivity index (χ1v) is 10.9. The molecule has 1 amide bonds. The average Bonchev–Trinajstić information content (AvgIpc) is 2.66. The van der Waals surface area contributed by atoms with Gasteiger partial charge in [-0.3, -0.25) is 9.10 Å². The van der Waals surface area contributed by atoms with Crippen LogP contribution in [0.4, 0.5) is 11.4 Å². The van der Waals surface area contributed by atoms with Gasteiger partial charge >= 0.3 is 5.97 Å². The van der Waals surface area contributed by atoms with Crippen molar-refractivity contribution >= 4 is 33.3 Å². The number of benzene rings is 2. The Balaban J connectivity index is 1.82. The largest absolute Gasteiger partial charge is 0.476 e. The van der Waals surface area contributed by atoms with Gasteiger partial charge in [0.2, 0.25) is 10.0 Å². The highest BCUT2D eigenvalue weighted by atomic mass is 32.2. The highest BCUT2D eigenvalue weighted by molar-refractivity contribution is 7.92. The third-order valence-corrected chi connectivity index (χ3v) is 5.46. The summed E-state index contributed by atoms with van der Waals surface area (Å²) in [6, 6.07) is 11.4. The maximum Gasteiger partial charge on any atom is 0.338 e. The Morgan fingerprint density at radius 3 is 2.69 bits per heavy atom. The predicted molar refractivity (Wildman–Crippen MR) is 109 cm³/mol. The summed E-state index contributed by atoms with van der Waals surface area (Å²) in [6.07, 6.45) is 0.0357. The maximum atomic E-state index is 12.7. The number of carbonyl (C=O) groups excluding carboxylic acids is 2. The molecule has 3 rings (SSSR count). The second kappa shape index (κ2) is 8.12. The molecule has 29 heavy (non-hydrogen) atoms. The number of esters is 1. The summed E-state index contributed by atoms with van der Waals surface area (Å²) in [5.41, 5.74) is 1.96. The van der Waals surface area contributed by atoms with Gasteiger partial charge in [0.15, 0.2) is 6.10 Å². The Kier molecular flexibility index (Phi) is 5.78. The SMILES string of the molecule is CCOC(=O)c1cccc(NC(=O)C2CN(S(C)(=O)=O)c3cc(C)ccc3O2)c1. The van der Waals surface area contributed by atoms with Crippen LogP contribution in [-0.2, 0) is 19.6 Å². The molecule has 0 spiro atoms. The fraction of sp³-hybridized carbons (Fsp3) is 0.300. The Hall–Kier alpha value is -3.07. The zero-order valence-electron chi connectivity index (χ0n) is 16.3. The van der Waals surface area contributed by atoms with Gasteiger partial charge in [0.25, 0.3) is 5.91 Å². The third-order valence-electron chi connectivity index (χ3n) is 4.32. The quantitative estimate of drug-likeness (QED) is 0.748. The van der Waals surface area contributed by atoms with Crippen molar-refractivity contribution in [1.82, 2.24) is 0 Å². The van der Waals surface area contributed by atoms with Gasteiger partial charge in [-0.05, 0) is 49.7 Å². The molecule has 0 fully saturated rings. The van der Waals surface area contributed by atoms with Crippen LogP contribution in [0.2, 0.25) is 0 Å². The lowest BCUT2D eigenvalue weighted by Crippen LogP contribution is -2.48. The molecule has 0 radical (unpaired) electrons. The van der Waals surface area contributed by atoms with Crippen molar-refractivity contribution in [3.8, 4) is 5.75 Å². The third kappa shape index (κ3) is 4.68. The summed E-state index contributed by atoms with van der Waals surface area (Å²) >= 11 is 0. The van der Waals surface area contributed by atoms with Crippen LogP contribution in [0.1, 0.15) is 22.8 Å². The first-order chi connectivity index (χ1) is 13.7. The number of aryl methyl sites for hydroxylation is 1.